The average molecular weight is 858 g/mol. The van der Waals surface area contributed by atoms with Gasteiger partial charge in [0.2, 0.25) is 5.91 Å². The van der Waals surface area contributed by atoms with E-state index in [-0.39, 0.29) is 11.8 Å². The van der Waals surface area contributed by atoms with Crippen LogP contribution in [-0.2, 0) is 30.8 Å². The average Bonchev–Trinajstić information content (AvgIpc) is 4.00. The Morgan fingerprint density at radius 2 is 1.74 bits per heavy atom. The number of hydrogen-bond acceptors (Lipinski definition) is 11. The van der Waals surface area contributed by atoms with Gasteiger partial charge in [-0.25, -0.2) is 14.6 Å². The fourth-order valence-electron chi connectivity index (χ4n) is 8.37. The monoisotopic (exact) mass is 857 g/mol. The molecule has 8 rings (SSSR count). The lowest BCUT2D eigenvalue weighted by atomic mass is 9.96. The van der Waals surface area contributed by atoms with Crippen LogP contribution in [-0.4, -0.2) is 91.9 Å². The van der Waals surface area contributed by atoms with Gasteiger partial charge in [-0.05, 0) is 117 Å². The fraction of sp³-hybridized carbons (Fsp3) is 0.426. The number of amides is 1. The lowest BCUT2D eigenvalue weighted by Crippen LogP contribution is -2.42. The summed E-state index contributed by atoms with van der Waals surface area (Å²) in [5.74, 6) is 1.91. The number of likely N-dealkylation sites (tertiary alicyclic amines) is 1. The number of fused-ring (bicyclic) bond motifs is 4. The number of nitrogens with one attached hydrogen (secondary N) is 3. The third-order valence-electron chi connectivity index (χ3n) is 11.7. The molecule has 5 N–H and O–H groups in total. The van der Waals surface area contributed by atoms with Gasteiger partial charge in [-0.3, -0.25) is 4.79 Å². The van der Waals surface area contributed by atoms with Crippen molar-refractivity contribution in [3.63, 3.8) is 0 Å². The Morgan fingerprint density at radius 3 is 2.51 bits per heavy atom. The van der Waals surface area contributed by atoms with Gasteiger partial charge in [-0.2, -0.15) is 0 Å². The molecule has 0 bridgehead atoms. The van der Waals surface area contributed by atoms with Crippen LogP contribution in [0.25, 0.3) is 43.4 Å². The van der Waals surface area contributed by atoms with Gasteiger partial charge < -0.3 is 31.2 Å². The molecule has 1 aliphatic heterocycles. The molecule has 1 saturated heterocycles. The van der Waals surface area contributed by atoms with Crippen molar-refractivity contribution in [3.05, 3.63) is 94.4 Å². The number of thiophene rings is 1. The molecule has 0 aliphatic carbocycles. The molecule has 0 atom stereocenters. The molecular formula is C47H59N11OS2. The van der Waals surface area contributed by atoms with E-state index in [0.29, 0.717) is 48.3 Å². The molecule has 1 aliphatic rings. The number of anilines is 1. The van der Waals surface area contributed by atoms with Crippen molar-refractivity contribution >= 4 is 67.8 Å². The van der Waals surface area contributed by atoms with E-state index >= 15 is 0 Å². The highest BCUT2D eigenvalue weighted by atomic mass is 32.2. The highest BCUT2D eigenvalue weighted by molar-refractivity contribution is 7.99. The van der Waals surface area contributed by atoms with E-state index in [0.717, 1.165) is 82.7 Å². The van der Waals surface area contributed by atoms with E-state index in [9.17, 15) is 4.79 Å². The summed E-state index contributed by atoms with van der Waals surface area (Å²) < 4.78 is 4.28. The summed E-state index contributed by atoms with van der Waals surface area (Å²) in [7, 11) is 0. The van der Waals surface area contributed by atoms with Gasteiger partial charge >= 0.3 is 0 Å². The Balaban J connectivity index is 0.742. The first-order valence-corrected chi connectivity index (χ1v) is 23.8. The molecular weight excluding hydrogens is 799 g/mol. The van der Waals surface area contributed by atoms with Gasteiger partial charge in [0.25, 0.3) is 0 Å². The Morgan fingerprint density at radius 1 is 0.918 bits per heavy atom. The van der Waals surface area contributed by atoms with Crippen molar-refractivity contribution < 1.29 is 4.79 Å². The molecule has 0 radical (unpaired) electrons. The van der Waals surface area contributed by atoms with Gasteiger partial charge in [-0.1, -0.05) is 66.4 Å². The lowest BCUT2D eigenvalue weighted by molar-refractivity contribution is -0.126. The number of piperidine rings is 1. The quantitative estimate of drug-likeness (QED) is 0.0340. The van der Waals surface area contributed by atoms with Crippen LogP contribution in [0.1, 0.15) is 61.8 Å². The zero-order chi connectivity index (χ0) is 42.1. The van der Waals surface area contributed by atoms with Gasteiger partial charge in [-0.15, -0.1) is 16.4 Å². The summed E-state index contributed by atoms with van der Waals surface area (Å²) in [5.41, 5.74) is 16.0. The van der Waals surface area contributed by atoms with Crippen LogP contribution in [0.2, 0.25) is 0 Å². The maximum Gasteiger partial charge on any atom is 0.223 e. The molecule has 5 heterocycles. The molecule has 61 heavy (non-hydrogen) atoms. The van der Waals surface area contributed by atoms with E-state index < -0.39 is 0 Å². The summed E-state index contributed by atoms with van der Waals surface area (Å²) in [6, 6.07) is 24.8. The topological polar surface area (TPSA) is 144 Å². The molecule has 3 aromatic carbocycles. The molecule has 12 nitrogen and oxygen atoms in total. The second-order valence-electron chi connectivity index (χ2n) is 16.2. The van der Waals surface area contributed by atoms with Gasteiger partial charge in [0.15, 0.2) is 22.1 Å². The Kier molecular flexibility index (Phi) is 14.3. The fourth-order valence-corrected chi connectivity index (χ4v) is 9.96. The van der Waals surface area contributed by atoms with E-state index in [4.69, 9.17) is 10.7 Å². The third kappa shape index (κ3) is 10.3. The molecule has 1 fully saturated rings. The largest absolute Gasteiger partial charge is 0.367 e. The molecule has 0 spiro atoms. The Bertz CT molecular complexity index is 2550. The number of aromatic nitrogens is 6. The first-order chi connectivity index (χ1) is 29.9. The number of nitrogens with zero attached hydrogens (tertiary/aromatic N) is 7. The second-order valence-corrected chi connectivity index (χ2v) is 18.1. The first kappa shape index (κ1) is 42.8. The molecule has 0 unspecified atom stereocenters. The van der Waals surface area contributed by atoms with Crippen LogP contribution in [0.15, 0.2) is 77.3 Å². The highest BCUT2D eigenvalue weighted by Gasteiger charge is 2.24. The van der Waals surface area contributed by atoms with Crippen molar-refractivity contribution in [1.29, 1.82) is 0 Å². The summed E-state index contributed by atoms with van der Waals surface area (Å²) in [6.07, 6.45) is 4.68. The minimum atomic E-state index is 0.0953. The van der Waals surface area contributed by atoms with Crippen molar-refractivity contribution in [2.24, 2.45) is 11.7 Å². The van der Waals surface area contributed by atoms with E-state index in [1.54, 1.807) is 11.8 Å². The number of rotatable bonds is 20. The number of nitrogens with two attached hydrogens (primary N) is 1. The van der Waals surface area contributed by atoms with Crippen LogP contribution >= 0.6 is 23.1 Å². The van der Waals surface area contributed by atoms with Crippen molar-refractivity contribution in [2.45, 2.75) is 77.7 Å². The van der Waals surface area contributed by atoms with Crippen molar-refractivity contribution in [3.8, 4) is 10.4 Å². The van der Waals surface area contributed by atoms with Gasteiger partial charge in [0, 0.05) is 84.2 Å². The molecule has 0 saturated carbocycles. The number of thioether (sulfide) groups is 1. The minimum absolute atomic E-state index is 0.0953. The standard InChI is InChI=1S/C47H59N11OS2/c1-4-25-60-47-52-44(50-20-18-48)43-45(53-47)58(55-54-43)30-34-10-8-33(9-11-34)7-6-19-51-46(59)36-16-22-56(23-17-36)24-21-49-29-35-12-15-40-39(27-35)38-14-13-37(28-41(38)57(40)5-2)42-26-32(3)31-61-42/h8-15,26-28,31,36,49H,4-7,16-25,29-30,48H2,1-3H3,(H,51,59)(H,50,52,53). The molecule has 14 heteroatoms. The Hall–Kier alpha value is -4.86. The van der Waals surface area contributed by atoms with Crippen LogP contribution in [0, 0.1) is 12.8 Å². The van der Waals surface area contributed by atoms with Crippen molar-refractivity contribution in [2.75, 3.05) is 56.9 Å². The Labute approximate surface area is 367 Å². The zero-order valence-electron chi connectivity index (χ0n) is 35.8. The zero-order valence-corrected chi connectivity index (χ0v) is 37.4. The minimum Gasteiger partial charge on any atom is -0.367 e. The smallest absolute Gasteiger partial charge is 0.223 e. The maximum absolute atomic E-state index is 13.1. The number of hydrogen-bond donors (Lipinski definition) is 4. The van der Waals surface area contributed by atoms with Gasteiger partial charge in [0.1, 0.15) is 0 Å². The first-order valence-electron chi connectivity index (χ1n) is 22.0. The number of benzene rings is 3. The molecule has 7 aromatic rings. The summed E-state index contributed by atoms with van der Waals surface area (Å²) in [4.78, 5) is 26.3. The maximum atomic E-state index is 13.1. The summed E-state index contributed by atoms with van der Waals surface area (Å²) in [5, 5.41) is 24.6. The predicted octanol–water partition coefficient (Wildman–Crippen LogP) is 7.86. The predicted molar refractivity (Wildman–Crippen MR) is 253 cm³/mol. The normalized spacial score (nSPS) is 13.8. The van der Waals surface area contributed by atoms with Crippen molar-refractivity contribution in [1.82, 2.24) is 45.1 Å². The number of aryl methyl sites for hydroxylation is 3. The highest BCUT2D eigenvalue weighted by Crippen LogP contribution is 2.35. The molecule has 4 aromatic heterocycles. The van der Waals surface area contributed by atoms with Crippen LogP contribution < -0.4 is 21.7 Å². The number of carbonyl (C=O) groups excluding carboxylic acids is 1. The summed E-state index contributed by atoms with van der Waals surface area (Å²) in [6.45, 7) is 14.5. The molecule has 320 valence electrons. The van der Waals surface area contributed by atoms with E-state index in [1.165, 1.54) is 48.9 Å². The van der Waals surface area contributed by atoms with E-state index in [2.05, 4.69) is 134 Å². The van der Waals surface area contributed by atoms with Crippen LogP contribution in [0.3, 0.4) is 0 Å². The SMILES string of the molecule is CCCSc1nc(NCCN)c2nnn(Cc3ccc(CCCNC(=O)C4CCN(CCNCc5ccc6c(c5)c5ccc(-c7cc(C)cs7)cc5n6CC)CC4)cc3)c2n1. The van der Waals surface area contributed by atoms with E-state index in [1.807, 2.05) is 16.0 Å². The lowest BCUT2D eigenvalue weighted by Gasteiger charge is -2.31. The second kappa shape index (κ2) is 20.3. The number of carbonyl (C=O) groups is 1. The van der Waals surface area contributed by atoms with Gasteiger partial charge in [0.05, 0.1) is 6.54 Å². The third-order valence-corrected chi connectivity index (χ3v) is 13.8. The van der Waals surface area contributed by atoms with Crippen LogP contribution in [0.4, 0.5) is 5.82 Å². The molecule has 1 amide bonds. The summed E-state index contributed by atoms with van der Waals surface area (Å²) >= 11 is 3.45. The van der Waals surface area contributed by atoms with Crippen LogP contribution in [0.5, 0.6) is 0 Å².